The Hall–Kier alpha value is -0.910. The van der Waals surface area contributed by atoms with E-state index in [1.165, 1.54) is 25.7 Å². The number of hydrogen-bond acceptors (Lipinski definition) is 4. The molecule has 0 spiro atoms. The van der Waals surface area contributed by atoms with Gasteiger partial charge in [-0.2, -0.15) is 11.8 Å². The molecule has 0 aromatic carbocycles. The van der Waals surface area contributed by atoms with Gasteiger partial charge < -0.3 is 15.2 Å². The second kappa shape index (κ2) is 8.65. The molecule has 1 fully saturated rings. The highest BCUT2D eigenvalue weighted by atomic mass is 32.2. The standard InChI is InChI=1S/C16H29NO4S/c1-11-5-7-12(8-6-11)9-22-10-13(14(18)19)17-15(20)21-16(2,3)4/h11-13H,5-10H2,1-4H3,(H,17,20)(H,18,19). The number of carbonyl (C=O) groups excluding carboxylic acids is 1. The van der Waals surface area contributed by atoms with Gasteiger partial charge >= 0.3 is 12.1 Å². The Labute approximate surface area is 137 Å². The lowest BCUT2D eigenvalue weighted by Gasteiger charge is -2.26. The van der Waals surface area contributed by atoms with Crippen LogP contribution >= 0.6 is 11.8 Å². The molecular formula is C16H29NO4S. The predicted molar refractivity (Wildman–Crippen MR) is 89.2 cm³/mol. The first-order valence-electron chi connectivity index (χ1n) is 7.97. The van der Waals surface area contributed by atoms with Crippen molar-refractivity contribution in [1.82, 2.24) is 5.32 Å². The average Bonchev–Trinajstić information content (AvgIpc) is 2.37. The minimum Gasteiger partial charge on any atom is -0.480 e. The van der Waals surface area contributed by atoms with Crippen molar-refractivity contribution in [3.63, 3.8) is 0 Å². The van der Waals surface area contributed by atoms with Gasteiger partial charge in [-0.1, -0.05) is 19.8 Å². The van der Waals surface area contributed by atoms with Crippen molar-refractivity contribution in [3.05, 3.63) is 0 Å². The SMILES string of the molecule is CC1CCC(CSCC(NC(=O)OC(C)(C)C)C(=O)O)CC1. The molecule has 6 heteroatoms. The second-order valence-electron chi connectivity index (χ2n) is 7.20. The third kappa shape index (κ3) is 7.92. The lowest BCUT2D eigenvalue weighted by molar-refractivity contribution is -0.138. The van der Waals surface area contributed by atoms with E-state index in [1.54, 1.807) is 32.5 Å². The van der Waals surface area contributed by atoms with Gasteiger partial charge in [0, 0.05) is 5.75 Å². The molecule has 0 saturated heterocycles. The maximum Gasteiger partial charge on any atom is 0.408 e. The van der Waals surface area contributed by atoms with E-state index >= 15 is 0 Å². The maximum absolute atomic E-state index is 11.7. The summed E-state index contributed by atoms with van der Waals surface area (Å²) in [6.45, 7) is 7.54. The average molecular weight is 331 g/mol. The molecule has 2 N–H and O–H groups in total. The van der Waals surface area contributed by atoms with Crippen molar-refractivity contribution in [1.29, 1.82) is 0 Å². The first-order valence-corrected chi connectivity index (χ1v) is 9.13. The van der Waals surface area contributed by atoms with E-state index < -0.39 is 23.7 Å². The summed E-state index contributed by atoms with van der Waals surface area (Å²) < 4.78 is 5.10. The molecule has 0 aromatic heterocycles. The van der Waals surface area contributed by atoms with E-state index in [0.29, 0.717) is 11.7 Å². The first-order chi connectivity index (χ1) is 10.2. The van der Waals surface area contributed by atoms with Crippen molar-refractivity contribution in [2.24, 2.45) is 11.8 Å². The molecule has 1 aliphatic rings. The zero-order chi connectivity index (χ0) is 16.8. The van der Waals surface area contributed by atoms with Crippen LogP contribution in [0.15, 0.2) is 0 Å². The van der Waals surface area contributed by atoms with E-state index in [9.17, 15) is 14.7 Å². The number of carbonyl (C=O) groups is 2. The third-order valence-electron chi connectivity index (χ3n) is 3.76. The van der Waals surface area contributed by atoms with Crippen LogP contribution in [0.1, 0.15) is 53.4 Å². The number of thioether (sulfide) groups is 1. The summed E-state index contributed by atoms with van der Waals surface area (Å²) in [5.74, 6) is 1.82. The fourth-order valence-corrected chi connectivity index (χ4v) is 3.74. The molecular weight excluding hydrogens is 302 g/mol. The number of carboxylic acids is 1. The monoisotopic (exact) mass is 331 g/mol. The maximum atomic E-state index is 11.7. The number of carboxylic acid groups (broad SMARTS) is 1. The van der Waals surface area contributed by atoms with Crippen molar-refractivity contribution < 1.29 is 19.4 Å². The predicted octanol–water partition coefficient (Wildman–Crippen LogP) is 3.52. The Bertz CT molecular complexity index is 373. The number of nitrogens with one attached hydrogen (secondary N) is 1. The van der Waals surface area contributed by atoms with E-state index in [0.717, 1.165) is 11.7 Å². The van der Waals surface area contributed by atoms with E-state index in [2.05, 4.69) is 12.2 Å². The lowest BCUT2D eigenvalue weighted by Crippen LogP contribution is -2.45. The van der Waals surface area contributed by atoms with Crippen LogP contribution in [0.5, 0.6) is 0 Å². The number of hydrogen-bond donors (Lipinski definition) is 2. The lowest BCUT2D eigenvalue weighted by atomic mass is 9.84. The number of aliphatic carboxylic acids is 1. The van der Waals surface area contributed by atoms with Crippen LogP contribution in [0.2, 0.25) is 0 Å². The summed E-state index contributed by atoms with van der Waals surface area (Å²) >= 11 is 1.61. The molecule has 1 aliphatic carbocycles. The van der Waals surface area contributed by atoms with Crippen molar-refractivity contribution in [3.8, 4) is 0 Å². The number of ether oxygens (including phenoxy) is 1. The van der Waals surface area contributed by atoms with Gasteiger partial charge in [0.15, 0.2) is 0 Å². The van der Waals surface area contributed by atoms with Gasteiger partial charge in [-0.15, -0.1) is 0 Å². The van der Waals surface area contributed by atoms with Gasteiger partial charge in [-0.3, -0.25) is 0 Å². The van der Waals surface area contributed by atoms with Crippen LogP contribution in [0.4, 0.5) is 4.79 Å². The molecule has 1 unspecified atom stereocenters. The van der Waals surface area contributed by atoms with E-state index in [1.807, 2.05) is 0 Å². The summed E-state index contributed by atoms with van der Waals surface area (Å²) in [6.07, 6.45) is 4.32. The van der Waals surface area contributed by atoms with Gasteiger partial charge in [0.1, 0.15) is 11.6 Å². The third-order valence-corrected chi connectivity index (χ3v) is 5.04. The molecule has 1 rings (SSSR count). The van der Waals surface area contributed by atoms with Crippen LogP contribution in [0.3, 0.4) is 0 Å². The molecule has 0 heterocycles. The molecule has 0 radical (unpaired) electrons. The van der Waals surface area contributed by atoms with Gasteiger partial charge in [0.2, 0.25) is 0 Å². The van der Waals surface area contributed by atoms with Crippen LogP contribution in [-0.2, 0) is 9.53 Å². The normalized spacial score (nSPS) is 23.6. The van der Waals surface area contributed by atoms with Crippen LogP contribution in [0.25, 0.3) is 0 Å². The van der Waals surface area contributed by atoms with Gasteiger partial charge in [-0.05, 0) is 51.2 Å². The molecule has 1 atom stereocenters. The van der Waals surface area contributed by atoms with Crippen LogP contribution < -0.4 is 5.32 Å². The summed E-state index contributed by atoms with van der Waals surface area (Å²) in [5, 5.41) is 11.6. The smallest absolute Gasteiger partial charge is 0.408 e. The zero-order valence-corrected chi connectivity index (χ0v) is 14.9. The molecule has 0 bridgehead atoms. The van der Waals surface area contributed by atoms with Crippen LogP contribution in [-0.4, -0.2) is 40.3 Å². The quantitative estimate of drug-likeness (QED) is 0.779. The highest BCUT2D eigenvalue weighted by Crippen LogP contribution is 2.30. The fourth-order valence-electron chi connectivity index (χ4n) is 2.47. The number of alkyl carbamates (subject to hydrolysis) is 1. The molecule has 5 nitrogen and oxygen atoms in total. The molecule has 128 valence electrons. The Morgan fingerprint density at radius 1 is 1.27 bits per heavy atom. The Morgan fingerprint density at radius 2 is 1.86 bits per heavy atom. The molecule has 22 heavy (non-hydrogen) atoms. The highest BCUT2D eigenvalue weighted by molar-refractivity contribution is 7.99. The summed E-state index contributed by atoms with van der Waals surface area (Å²) in [5.41, 5.74) is -0.626. The number of rotatable bonds is 6. The molecule has 0 aliphatic heterocycles. The minimum absolute atomic E-state index is 0.376. The zero-order valence-electron chi connectivity index (χ0n) is 14.1. The topological polar surface area (TPSA) is 75.6 Å². The Morgan fingerprint density at radius 3 is 2.36 bits per heavy atom. The molecule has 0 aromatic rings. The van der Waals surface area contributed by atoms with Gasteiger partial charge in [-0.25, -0.2) is 9.59 Å². The second-order valence-corrected chi connectivity index (χ2v) is 8.28. The Balaban J connectivity index is 2.32. The van der Waals surface area contributed by atoms with Crippen molar-refractivity contribution >= 4 is 23.8 Å². The van der Waals surface area contributed by atoms with Crippen molar-refractivity contribution in [2.45, 2.75) is 65.0 Å². The highest BCUT2D eigenvalue weighted by Gasteiger charge is 2.25. The van der Waals surface area contributed by atoms with E-state index in [4.69, 9.17) is 4.74 Å². The molecule has 1 saturated carbocycles. The van der Waals surface area contributed by atoms with Gasteiger partial charge in [0.05, 0.1) is 0 Å². The summed E-state index contributed by atoms with van der Waals surface area (Å²) in [6, 6.07) is -0.901. The van der Waals surface area contributed by atoms with Crippen LogP contribution in [0, 0.1) is 11.8 Å². The van der Waals surface area contributed by atoms with Gasteiger partial charge in [0.25, 0.3) is 0 Å². The summed E-state index contributed by atoms with van der Waals surface area (Å²) in [4.78, 5) is 22.9. The largest absolute Gasteiger partial charge is 0.480 e. The first kappa shape index (κ1) is 19.1. The van der Waals surface area contributed by atoms with Crippen molar-refractivity contribution in [2.75, 3.05) is 11.5 Å². The fraction of sp³-hybridized carbons (Fsp3) is 0.875. The van der Waals surface area contributed by atoms with E-state index in [-0.39, 0.29) is 0 Å². The minimum atomic E-state index is -1.02. The Kier molecular flexibility index (Phi) is 7.53. The molecule has 1 amide bonds. The summed E-state index contributed by atoms with van der Waals surface area (Å²) in [7, 11) is 0. The number of amides is 1.